The Morgan fingerprint density at radius 2 is 2.11 bits per heavy atom. The molecule has 1 saturated carbocycles. The van der Waals surface area contributed by atoms with Crippen molar-refractivity contribution in [1.82, 2.24) is 9.88 Å². The van der Waals surface area contributed by atoms with Crippen LogP contribution in [0.1, 0.15) is 48.2 Å². The predicted molar refractivity (Wildman–Crippen MR) is 77.5 cm³/mol. The number of aryl methyl sites for hydroxylation is 1. The molecule has 1 aliphatic carbocycles. The second kappa shape index (κ2) is 6.38. The van der Waals surface area contributed by atoms with Gasteiger partial charge in [-0.25, -0.2) is 0 Å². The molecule has 4 heteroatoms. The molecule has 1 aromatic rings. The van der Waals surface area contributed by atoms with Gasteiger partial charge in [-0.2, -0.15) is 0 Å². The van der Waals surface area contributed by atoms with Crippen LogP contribution < -0.4 is 0 Å². The van der Waals surface area contributed by atoms with Crippen LogP contribution >= 0.6 is 11.6 Å². The van der Waals surface area contributed by atoms with Crippen molar-refractivity contribution in [2.45, 2.75) is 39.0 Å². The maximum atomic E-state index is 12.4. The second-order valence-corrected chi connectivity index (χ2v) is 5.90. The van der Waals surface area contributed by atoms with Gasteiger partial charge in [0, 0.05) is 25.5 Å². The van der Waals surface area contributed by atoms with Crippen LogP contribution in [-0.4, -0.2) is 29.4 Å². The van der Waals surface area contributed by atoms with E-state index < -0.39 is 0 Å². The quantitative estimate of drug-likeness (QED) is 0.846. The summed E-state index contributed by atoms with van der Waals surface area (Å²) >= 11 is 6.12. The number of hydrogen-bond acceptors (Lipinski definition) is 2. The van der Waals surface area contributed by atoms with E-state index in [0.29, 0.717) is 16.5 Å². The fraction of sp³-hybridized carbons (Fsp3) is 0.600. The molecule has 1 fully saturated rings. The number of nitrogens with zero attached hydrogens (tertiary/aromatic N) is 2. The Balaban J connectivity index is 2.01. The van der Waals surface area contributed by atoms with E-state index in [1.165, 1.54) is 32.1 Å². The Morgan fingerprint density at radius 3 is 2.74 bits per heavy atom. The summed E-state index contributed by atoms with van der Waals surface area (Å²) in [5.41, 5.74) is 1.34. The molecular formula is C15H21ClN2O. The molecule has 104 valence electrons. The number of amides is 1. The van der Waals surface area contributed by atoms with E-state index in [1.54, 1.807) is 17.2 Å². The number of carbonyl (C=O) groups is 1. The van der Waals surface area contributed by atoms with Gasteiger partial charge in [0.25, 0.3) is 5.91 Å². The number of rotatable bonds is 3. The minimum atomic E-state index is -0.0249. The van der Waals surface area contributed by atoms with Gasteiger partial charge in [-0.1, -0.05) is 30.9 Å². The standard InChI is InChI=1S/C15H21ClN2O/c1-11-8-14(16)13(9-17-11)15(19)18(2)10-12-6-4-3-5-7-12/h8-9,12H,3-7,10H2,1-2H3. The zero-order chi connectivity index (χ0) is 13.8. The van der Waals surface area contributed by atoms with Crippen LogP contribution in [0.4, 0.5) is 0 Å². The molecule has 19 heavy (non-hydrogen) atoms. The molecule has 0 N–H and O–H groups in total. The van der Waals surface area contributed by atoms with Gasteiger partial charge in [-0.05, 0) is 31.7 Å². The summed E-state index contributed by atoms with van der Waals surface area (Å²) in [4.78, 5) is 18.3. The molecular weight excluding hydrogens is 260 g/mol. The zero-order valence-electron chi connectivity index (χ0n) is 11.7. The largest absolute Gasteiger partial charge is 0.341 e. The van der Waals surface area contributed by atoms with Crippen LogP contribution in [0.2, 0.25) is 5.02 Å². The Morgan fingerprint density at radius 1 is 1.42 bits per heavy atom. The molecule has 0 saturated heterocycles. The van der Waals surface area contributed by atoms with Crippen molar-refractivity contribution < 1.29 is 4.79 Å². The van der Waals surface area contributed by atoms with E-state index >= 15 is 0 Å². The monoisotopic (exact) mass is 280 g/mol. The third kappa shape index (κ3) is 3.69. The highest BCUT2D eigenvalue weighted by Gasteiger charge is 2.20. The first-order valence-corrected chi connectivity index (χ1v) is 7.33. The van der Waals surface area contributed by atoms with Gasteiger partial charge in [0.15, 0.2) is 0 Å². The van der Waals surface area contributed by atoms with Crippen molar-refractivity contribution in [3.05, 3.63) is 28.5 Å². The molecule has 0 atom stereocenters. The molecule has 0 bridgehead atoms. The highest BCUT2D eigenvalue weighted by Crippen LogP contribution is 2.25. The van der Waals surface area contributed by atoms with Crippen molar-refractivity contribution in [1.29, 1.82) is 0 Å². The number of halogens is 1. The minimum absolute atomic E-state index is 0.0249. The highest BCUT2D eigenvalue weighted by atomic mass is 35.5. The van der Waals surface area contributed by atoms with Crippen molar-refractivity contribution in [2.24, 2.45) is 5.92 Å². The van der Waals surface area contributed by atoms with Crippen molar-refractivity contribution in [3.8, 4) is 0 Å². The molecule has 2 rings (SSSR count). The van der Waals surface area contributed by atoms with Crippen molar-refractivity contribution in [2.75, 3.05) is 13.6 Å². The maximum absolute atomic E-state index is 12.4. The van der Waals surface area contributed by atoms with Gasteiger partial charge in [0.1, 0.15) is 0 Å². The van der Waals surface area contributed by atoms with Crippen LogP contribution in [-0.2, 0) is 0 Å². The lowest BCUT2D eigenvalue weighted by molar-refractivity contribution is 0.0760. The lowest BCUT2D eigenvalue weighted by Gasteiger charge is -2.27. The molecule has 1 aliphatic rings. The first-order chi connectivity index (χ1) is 9.08. The smallest absolute Gasteiger partial charge is 0.256 e. The van der Waals surface area contributed by atoms with E-state index in [4.69, 9.17) is 11.6 Å². The van der Waals surface area contributed by atoms with E-state index in [0.717, 1.165) is 12.2 Å². The Bertz CT molecular complexity index is 455. The Hall–Kier alpha value is -1.09. The summed E-state index contributed by atoms with van der Waals surface area (Å²) in [5.74, 6) is 0.614. The fourth-order valence-electron chi connectivity index (χ4n) is 2.73. The summed E-state index contributed by atoms with van der Waals surface area (Å²) in [7, 11) is 1.85. The molecule has 0 aromatic carbocycles. The summed E-state index contributed by atoms with van der Waals surface area (Å²) < 4.78 is 0. The topological polar surface area (TPSA) is 33.2 Å². The maximum Gasteiger partial charge on any atom is 0.256 e. The SMILES string of the molecule is Cc1cc(Cl)c(C(=O)N(C)CC2CCCCC2)cn1. The Labute approximate surface area is 120 Å². The molecule has 0 spiro atoms. The van der Waals surface area contributed by atoms with Gasteiger partial charge >= 0.3 is 0 Å². The molecule has 1 aromatic heterocycles. The molecule has 0 radical (unpaired) electrons. The Kier molecular flexibility index (Phi) is 4.81. The number of pyridine rings is 1. The first kappa shape index (κ1) is 14.3. The molecule has 0 unspecified atom stereocenters. The van der Waals surface area contributed by atoms with Crippen LogP contribution in [0.5, 0.6) is 0 Å². The van der Waals surface area contributed by atoms with Gasteiger partial charge in [-0.3, -0.25) is 9.78 Å². The van der Waals surface area contributed by atoms with E-state index in [-0.39, 0.29) is 5.91 Å². The summed E-state index contributed by atoms with van der Waals surface area (Å²) in [6, 6.07) is 1.74. The molecule has 1 heterocycles. The number of hydrogen-bond donors (Lipinski definition) is 0. The zero-order valence-corrected chi connectivity index (χ0v) is 12.4. The van der Waals surface area contributed by atoms with E-state index in [2.05, 4.69) is 4.98 Å². The van der Waals surface area contributed by atoms with Crippen molar-refractivity contribution in [3.63, 3.8) is 0 Å². The van der Waals surface area contributed by atoms with Gasteiger partial charge in [0.05, 0.1) is 10.6 Å². The first-order valence-electron chi connectivity index (χ1n) is 6.95. The highest BCUT2D eigenvalue weighted by molar-refractivity contribution is 6.33. The van der Waals surface area contributed by atoms with Crippen LogP contribution in [0.25, 0.3) is 0 Å². The lowest BCUT2D eigenvalue weighted by Crippen LogP contribution is -2.32. The second-order valence-electron chi connectivity index (χ2n) is 5.50. The predicted octanol–water partition coefficient (Wildman–Crippen LogP) is 3.70. The normalized spacial score (nSPS) is 16.4. The van der Waals surface area contributed by atoms with Crippen LogP contribution in [0, 0.1) is 12.8 Å². The lowest BCUT2D eigenvalue weighted by atomic mass is 9.89. The van der Waals surface area contributed by atoms with Crippen LogP contribution in [0.3, 0.4) is 0 Å². The van der Waals surface area contributed by atoms with Crippen LogP contribution in [0.15, 0.2) is 12.3 Å². The van der Waals surface area contributed by atoms with E-state index in [9.17, 15) is 4.79 Å². The summed E-state index contributed by atoms with van der Waals surface area (Å²) in [6.07, 6.45) is 7.97. The molecule has 0 aliphatic heterocycles. The number of aromatic nitrogens is 1. The number of carbonyl (C=O) groups excluding carboxylic acids is 1. The van der Waals surface area contributed by atoms with Gasteiger partial charge < -0.3 is 4.90 Å². The van der Waals surface area contributed by atoms with Gasteiger partial charge in [-0.15, -0.1) is 0 Å². The fourth-order valence-corrected chi connectivity index (χ4v) is 3.02. The van der Waals surface area contributed by atoms with Crippen molar-refractivity contribution >= 4 is 17.5 Å². The van der Waals surface area contributed by atoms with E-state index in [1.807, 2.05) is 14.0 Å². The van der Waals surface area contributed by atoms with Gasteiger partial charge in [0.2, 0.25) is 0 Å². The third-order valence-corrected chi connectivity index (χ3v) is 4.14. The molecule has 3 nitrogen and oxygen atoms in total. The minimum Gasteiger partial charge on any atom is -0.341 e. The summed E-state index contributed by atoms with van der Waals surface area (Å²) in [6.45, 7) is 2.69. The summed E-state index contributed by atoms with van der Waals surface area (Å²) in [5, 5.41) is 0.494. The average molecular weight is 281 g/mol. The average Bonchev–Trinajstić information content (AvgIpc) is 2.39. The third-order valence-electron chi connectivity index (χ3n) is 3.82. The molecule has 1 amide bonds.